The maximum absolute atomic E-state index is 12.3. The van der Waals surface area contributed by atoms with Crippen molar-refractivity contribution < 1.29 is 9.59 Å². The highest BCUT2D eigenvalue weighted by molar-refractivity contribution is 6.30. The first kappa shape index (κ1) is 18.3. The number of carbonyl (C=O) groups excluding carboxylic acids is 2. The van der Waals surface area contributed by atoms with Gasteiger partial charge in [-0.2, -0.15) is 0 Å². The summed E-state index contributed by atoms with van der Waals surface area (Å²) in [6.07, 6.45) is 0.325. The van der Waals surface area contributed by atoms with Crippen molar-refractivity contribution in [2.24, 2.45) is 0 Å². The van der Waals surface area contributed by atoms with Gasteiger partial charge in [-0.3, -0.25) is 4.79 Å². The van der Waals surface area contributed by atoms with Crippen molar-refractivity contribution in [1.29, 1.82) is 0 Å². The Morgan fingerprint density at radius 3 is 2.58 bits per heavy atom. The largest absolute Gasteiger partial charge is 0.334 e. The minimum Gasteiger partial charge on any atom is -0.334 e. The number of benzene rings is 2. The Bertz CT molecular complexity index is 764. The molecule has 6 heteroatoms. The molecule has 2 aromatic rings. The van der Waals surface area contributed by atoms with Crippen molar-refractivity contribution in [1.82, 2.24) is 15.5 Å². The first-order chi connectivity index (χ1) is 12.5. The third-order valence-electron chi connectivity index (χ3n) is 4.61. The fourth-order valence-corrected chi connectivity index (χ4v) is 3.26. The molecule has 1 aliphatic rings. The summed E-state index contributed by atoms with van der Waals surface area (Å²) < 4.78 is 0. The van der Waals surface area contributed by atoms with E-state index in [9.17, 15) is 9.59 Å². The number of hydrogen-bond acceptors (Lipinski definition) is 2. The number of hydrogen-bond donors (Lipinski definition) is 2. The Morgan fingerprint density at radius 2 is 1.88 bits per heavy atom. The Balaban J connectivity index is 1.50. The van der Waals surface area contributed by atoms with Gasteiger partial charge < -0.3 is 15.5 Å². The van der Waals surface area contributed by atoms with Crippen molar-refractivity contribution >= 4 is 23.5 Å². The van der Waals surface area contributed by atoms with Crippen LogP contribution in [0.25, 0.3) is 0 Å². The van der Waals surface area contributed by atoms with Crippen molar-refractivity contribution in [3.05, 3.63) is 70.7 Å². The summed E-state index contributed by atoms with van der Waals surface area (Å²) in [5, 5.41) is 6.36. The van der Waals surface area contributed by atoms with Crippen LogP contribution in [-0.4, -0.2) is 29.4 Å². The summed E-state index contributed by atoms with van der Waals surface area (Å²) in [4.78, 5) is 26.3. The van der Waals surface area contributed by atoms with Crippen LogP contribution in [0, 0.1) is 0 Å². The lowest BCUT2D eigenvalue weighted by Gasteiger charge is -2.25. The van der Waals surface area contributed by atoms with E-state index >= 15 is 0 Å². The Hall–Kier alpha value is -2.53. The van der Waals surface area contributed by atoms with E-state index in [1.807, 2.05) is 54.3 Å². The monoisotopic (exact) mass is 371 g/mol. The molecule has 5 nitrogen and oxygen atoms in total. The number of carbonyl (C=O) groups is 2. The number of nitrogens with zero attached hydrogens (tertiary/aromatic N) is 1. The van der Waals surface area contributed by atoms with Crippen LogP contribution in [0.2, 0.25) is 5.02 Å². The first-order valence-corrected chi connectivity index (χ1v) is 9.04. The number of urea groups is 1. The third kappa shape index (κ3) is 4.55. The van der Waals surface area contributed by atoms with E-state index in [0.717, 1.165) is 11.1 Å². The van der Waals surface area contributed by atoms with Crippen molar-refractivity contribution in [2.45, 2.75) is 32.0 Å². The van der Waals surface area contributed by atoms with Crippen molar-refractivity contribution in [3.8, 4) is 0 Å². The van der Waals surface area contributed by atoms with Crippen LogP contribution in [-0.2, 0) is 11.3 Å². The van der Waals surface area contributed by atoms with E-state index in [2.05, 4.69) is 10.6 Å². The van der Waals surface area contributed by atoms with Gasteiger partial charge in [-0.05, 0) is 30.2 Å². The van der Waals surface area contributed by atoms with Gasteiger partial charge in [0.05, 0.1) is 12.1 Å². The summed E-state index contributed by atoms with van der Waals surface area (Å²) in [5.41, 5.74) is 2.06. The number of rotatable bonds is 5. The zero-order valence-electron chi connectivity index (χ0n) is 14.6. The lowest BCUT2D eigenvalue weighted by molar-refractivity contribution is -0.129. The van der Waals surface area contributed by atoms with E-state index in [4.69, 9.17) is 11.6 Å². The van der Waals surface area contributed by atoms with E-state index in [1.165, 1.54) is 0 Å². The molecule has 2 aromatic carbocycles. The molecule has 2 N–H and O–H groups in total. The van der Waals surface area contributed by atoms with Gasteiger partial charge in [0, 0.05) is 24.5 Å². The lowest BCUT2D eigenvalue weighted by atomic mass is 10.1. The van der Waals surface area contributed by atoms with E-state index in [0.29, 0.717) is 24.5 Å². The highest BCUT2D eigenvalue weighted by Gasteiger charge is 2.33. The predicted molar refractivity (Wildman–Crippen MR) is 102 cm³/mol. The normalized spacial score (nSPS) is 17.8. The second-order valence-electron chi connectivity index (χ2n) is 6.49. The second-order valence-corrected chi connectivity index (χ2v) is 6.92. The number of likely N-dealkylation sites (tertiary alicyclic amines) is 1. The average Bonchev–Trinajstić information content (AvgIpc) is 3.01. The molecule has 26 heavy (non-hydrogen) atoms. The molecule has 1 aliphatic heterocycles. The van der Waals surface area contributed by atoms with E-state index < -0.39 is 0 Å². The van der Waals surface area contributed by atoms with Crippen LogP contribution in [0.5, 0.6) is 0 Å². The first-order valence-electron chi connectivity index (χ1n) is 8.66. The lowest BCUT2D eigenvalue weighted by Crippen LogP contribution is -2.43. The minimum atomic E-state index is -0.271. The van der Waals surface area contributed by atoms with Gasteiger partial charge in [0.2, 0.25) is 5.91 Å². The van der Waals surface area contributed by atoms with E-state index in [-0.39, 0.29) is 24.0 Å². The van der Waals surface area contributed by atoms with Gasteiger partial charge in [-0.1, -0.05) is 54.1 Å². The molecule has 0 aromatic heterocycles. The minimum absolute atomic E-state index is 0.00683. The Morgan fingerprint density at radius 1 is 1.19 bits per heavy atom. The maximum Gasteiger partial charge on any atom is 0.315 e. The smallest absolute Gasteiger partial charge is 0.315 e. The van der Waals surface area contributed by atoms with Crippen LogP contribution < -0.4 is 10.6 Å². The van der Waals surface area contributed by atoms with Gasteiger partial charge in [-0.25, -0.2) is 4.79 Å². The summed E-state index contributed by atoms with van der Waals surface area (Å²) >= 11 is 5.85. The molecule has 1 fully saturated rings. The highest BCUT2D eigenvalue weighted by Crippen LogP contribution is 2.25. The molecule has 1 heterocycles. The van der Waals surface area contributed by atoms with Gasteiger partial charge in [0.15, 0.2) is 0 Å². The summed E-state index contributed by atoms with van der Waals surface area (Å²) in [6.45, 7) is 2.94. The average molecular weight is 372 g/mol. The molecule has 1 saturated heterocycles. The molecule has 136 valence electrons. The SMILES string of the molecule is CC(c1ccccc1)N1CC(NC(=O)NCc2ccc(Cl)cc2)CC1=O. The molecule has 0 saturated carbocycles. The summed E-state index contributed by atoms with van der Waals surface area (Å²) in [7, 11) is 0. The van der Waals surface area contributed by atoms with Crippen molar-refractivity contribution in [3.63, 3.8) is 0 Å². The number of halogens is 1. The Kier molecular flexibility index (Phi) is 5.78. The third-order valence-corrected chi connectivity index (χ3v) is 4.86. The standard InChI is InChI=1S/C20H22ClN3O2/c1-14(16-5-3-2-4-6-16)24-13-18(11-19(24)25)23-20(26)22-12-15-7-9-17(21)10-8-15/h2-10,14,18H,11-13H2,1H3,(H2,22,23,26). The van der Waals surface area contributed by atoms with Crippen LogP contribution in [0.4, 0.5) is 4.79 Å². The topological polar surface area (TPSA) is 61.4 Å². The molecule has 0 radical (unpaired) electrons. The van der Waals surface area contributed by atoms with Crippen LogP contribution in [0.15, 0.2) is 54.6 Å². The van der Waals surface area contributed by atoms with Gasteiger partial charge in [0.1, 0.15) is 0 Å². The fourth-order valence-electron chi connectivity index (χ4n) is 3.14. The predicted octanol–water partition coefficient (Wildman–Crippen LogP) is 3.50. The summed E-state index contributed by atoms with van der Waals surface area (Å²) in [5.74, 6) is 0.0596. The van der Waals surface area contributed by atoms with Gasteiger partial charge in [-0.15, -0.1) is 0 Å². The summed E-state index contributed by atoms with van der Waals surface area (Å²) in [6, 6.07) is 16.8. The van der Waals surface area contributed by atoms with Crippen LogP contribution in [0.1, 0.15) is 30.5 Å². The zero-order chi connectivity index (χ0) is 18.5. The fraction of sp³-hybridized carbons (Fsp3) is 0.300. The molecule has 3 amide bonds. The number of nitrogens with one attached hydrogen (secondary N) is 2. The van der Waals surface area contributed by atoms with Crippen LogP contribution >= 0.6 is 11.6 Å². The molecule has 2 atom stereocenters. The second kappa shape index (κ2) is 8.23. The quantitative estimate of drug-likeness (QED) is 0.845. The zero-order valence-corrected chi connectivity index (χ0v) is 15.4. The molecule has 2 unspecified atom stereocenters. The van der Waals surface area contributed by atoms with Gasteiger partial charge in [0.25, 0.3) is 0 Å². The molecule has 3 rings (SSSR count). The maximum atomic E-state index is 12.3. The van der Waals surface area contributed by atoms with Crippen LogP contribution in [0.3, 0.4) is 0 Å². The molecular formula is C20H22ClN3O2. The molecule has 0 spiro atoms. The molecule has 0 bridgehead atoms. The van der Waals surface area contributed by atoms with E-state index in [1.54, 1.807) is 12.1 Å². The van der Waals surface area contributed by atoms with Crippen molar-refractivity contribution in [2.75, 3.05) is 6.54 Å². The number of amides is 3. The Labute approximate surface area is 158 Å². The highest BCUT2D eigenvalue weighted by atomic mass is 35.5. The molecule has 0 aliphatic carbocycles. The molecular weight excluding hydrogens is 350 g/mol. The van der Waals surface area contributed by atoms with Gasteiger partial charge >= 0.3 is 6.03 Å².